The van der Waals surface area contributed by atoms with Gasteiger partial charge in [0.1, 0.15) is 0 Å². The molecule has 0 saturated carbocycles. The van der Waals surface area contributed by atoms with Gasteiger partial charge in [-0.1, -0.05) is 58.4 Å². The number of benzene rings is 2. The summed E-state index contributed by atoms with van der Waals surface area (Å²) in [6, 6.07) is 18.0. The molecular formula is C19H20BrNO2. The molecule has 2 atom stereocenters. The molecule has 0 spiro atoms. The van der Waals surface area contributed by atoms with E-state index in [1.807, 2.05) is 47.4 Å². The Kier molecular flexibility index (Phi) is 5.13. The third-order valence-electron chi connectivity index (χ3n) is 4.24. The number of halogens is 1. The maximum atomic E-state index is 13.1. The minimum Gasteiger partial charge on any atom is -0.364 e. The summed E-state index contributed by atoms with van der Waals surface area (Å²) in [5.74, 6) is 0.0388. The van der Waals surface area contributed by atoms with Crippen LogP contribution in [0.4, 0.5) is 0 Å². The molecule has 0 aromatic heterocycles. The van der Waals surface area contributed by atoms with Crippen LogP contribution in [0.1, 0.15) is 36.6 Å². The second-order valence-corrected chi connectivity index (χ2v) is 6.69. The Balaban J connectivity index is 1.88. The van der Waals surface area contributed by atoms with E-state index in [0.29, 0.717) is 6.61 Å². The van der Waals surface area contributed by atoms with Gasteiger partial charge in [-0.3, -0.25) is 4.79 Å². The smallest absolute Gasteiger partial charge is 0.256 e. The van der Waals surface area contributed by atoms with Gasteiger partial charge in [-0.2, -0.15) is 0 Å². The number of ether oxygens (including phenoxy) is 1. The van der Waals surface area contributed by atoms with E-state index in [-0.39, 0.29) is 11.9 Å². The van der Waals surface area contributed by atoms with Gasteiger partial charge in [-0.25, -0.2) is 0 Å². The van der Waals surface area contributed by atoms with Crippen LogP contribution in [0, 0.1) is 0 Å². The molecule has 4 heteroatoms. The van der Waals surface area contributed by atoms with Crippen molar-refractivity contribution in [3.05, 3.63) is 70.2 Å². The molecule has 1 aliphatic heterocycles. The van der Waals surface area contributed by atoms with Gasteiger partial charge < -0.3 is 9.64 Å². The lowest BCUT2D eigenvalue weighted by atomic mass is 10.0. The molecule has 2 aromatic rings. The van der Waals surface area contributed by atoms with Gasteiger partial charge in [0.2, 0.25) is 0 Å². The van der Waals surface area contributed by atoms with Crippen molar-refractivity contribution < 1.29 is 9.53 Å². The number of hydrogen-bond acceptors (Lipinski definition) is 2. The molecule has 1 aliphatic rings. The highest BCUT2D eigenvalue weighted by molar-refractivity contribution is 9.10. The quantitative estimate of drug-likeness (QED) is 0.792. The minimum absolute atomic E-state index is 0.0388. The van der Waals surface area contributed by atoms with Gasteiger partial charge in [0.25, 0.3) is 5.91 Å². The van der Waals surface area contributed by atoms with Crippen molar-refractivity contribution in [2.75, 3.05) is 13.2 Å². The third-order valence-corrected chi connectivity index (χ3v) is 4.73. The van der Waals surface area contributed by atoms with Gasteiger partial charge in [0.15, 0.2) is 6.10 Å². The summed E-state index contributed by atoms with van der Waals surface area (Å²) in [4.78, 5) is 15.0. The first-order valence-electron chi connectivity index (χ1n) is 7.89. The van der Waals surface area contributed by atoms with Gasteiger partial charge in [-0.15, -0.1) is 0 Å². The molecule has 1 amide bonds. The summed E-state index contributed by atoms with van der Waals surface area (Å²) < 4.78 is 6.82. The Morgan fingerprint density at radius 2 is 1.96 bits per heavy atom. The highest BCUT2D eigenvalue weighted by Crippen LogP contribution is 2.30. The summed E-state index contributed by atoms with van der Waals surface area (Å²) in [6.07, 6.45) is 0.328. The second kappa shape index (κ2) is 7.28. The van der Waals surface area contributed by atoms with E-state index in [0.717, 1.165) is 28.6 Å². The van der Waals surface area contributed by atoms with E-state index < -0.39 is 6.10 Å². The van der Waals surface area contributed by atoms with Crippen LogP contribution in [0.15, 0.2) is 59.1 Å². The molecule has 1 saturated heterocycles. The third kappa shape index (κ3) is 3.65. The highest BCUT2D eigenvalue weighted by Gasteiger charge is 2.32. The Hall–Kier alpha value is -1.65. The summed E-state index contributed by atoms with van der Waals surface area (Å²) in [7, 11) is 0. The maximum absolute atomic E-state index is 13.1. The standard InChI is InChI=1S/C19H20BrNO2/c1-14(15-7-3-2-4-8-15)21-11-6-12-23-18(19(21)22)16-9-5-10-17(20)13-16/h2-5,7-10,13-14,18H,6,11-12H2,1H3/t14-,18?/m1/s1. The Bertz CT molecular complexity index is 674. The van der Waals surface area contributed by atoms with Crippen LogP contribution in [0.5, 0.6) is 0 Å². The molecule has 1 heterocycles. The Morgan fingerprint density at radius 3 is 2.70 bits per heavy atom. The molecule has 0 aliphatic carbocycles. The number of hydrogen-bond donors (Lipinski definition) is 0. The monoisotopic (exact) mass is 373 g/mol. The van der Waals surface area contributed by atoms with Crippen LogP contribution in [-0.4, -0.2) is 24.0 Å². The van der Waals surface area contributed by atoms with E-state index in [1.54, 1.807) is 0 Å². The fourth-order valence-corrected chi connectivity index (χ4v) is 3.39. The van der Waals surface area contributed by atoms with E-state index in [9.17, 15) is 4.79 Å². The SMILES string of the molecule is C[C@H](c1ccccc1)N1CCCOC(c2cccc(Br)c2)C1=O. The molecule has 3 rings (SSSR count). The molecular weight excluding hydrogens is 354 g/mol. The number of carbonyl (C=O) groups is 1. The number of nitrogens with zero attached hydrogens (tertiary/aromatic N) is 1. The van der Waals surface area contributed by atoms with Crippen molar-refractivity contribution in [2.45, 2.75) is 25.5 Å². The molecule has 0 radical (unpaired) electrons. The lowest BCUT2D eigenvalue weighted by molar-refractivity contribution is -0.143. The van der Waals surface area contributed by atoms with Gasteiger partial charge in [0.05, 0.1) is 6.04 Å². The molecule has 3 nitrogen and oxygen atoms in total. The molecule has 0 bridgehead atoms. The van der Waals surface area contributed by atoms with E-state index >= 15 is 0 Å². The van der Waals surface area contributed by atoms with Crippen LogP contribution in [0.2, 0.25) is 0 Å². The molecule has 0 N–H and O–H groups in total. The average Bonchev–Trinajstić information content (AvgIpc) is 2.77. The Labute approximate surface area is 145 Å². The molecule has 120 valence electrons. The lowest BCUT2D eigenvalue weighted by Crippen LogP contribution is -2.36. The Morgan fingerprint density at radius 1 is 1.17 bits per heavy atom. The summed E-state index contributed by atoms with van der Waals surface area (Å²) in [5.41, 5.74) is 2.05. The van der Waals surface area contributed by atoms with Gasteiger partial charge in [-0.05, 0) is 36.6 Å². The van der Waals surface area contributed by atoms with Crippen molar-refractivity contribution in [3.8, 4) is 0 Å². The minimum atomic E-state index is -0.527. The maximum Gasteiger partial charge on any atom is 0.256 e. The zero-order chi connectivity index (χ0) is 16.2. The first kappa shape index (κ1) is 16.2. The van der Waals surface area contributed by atoms with Crippen molar-refractivity contribution in [3.63, 3.8) is 0 Å². The summed E-state index contributed by atoms with van der Waals surface area (Å²) >= 11 is 3.47. The average molecular weight is 374 g/mol. The molecule has 23 heavy (non-hydrogen) atoms. The summed E-state index contributed by atoms with van der Waals surface area (Å²) in [5, 5.41) is 0. The molecule has 1 unspecified atom stereocenters. The van der Waals surface area contributed by atoms with Crippen molar-refractivity contribution in [1.29, 1.82) is 0 Å². The largest absolute Gasteiger partial charge is 0.364 e. The normalized spacial score (nSPS) is 20.2. The van der Waals surface area contributed by atoms with Crippen LogP contribution < -0.4 is 0 Å². The fraction of sp³-hybridized carbons (Fsp3) is 0.316. The van der Waals surface area contributed by atoms with Crippen LogP contribution in [0.25, 0.3) is 0 Å². The summed E-state index contributed by atoms with van der Waals surface area (Å²) in [6.45, 7) is 3.40. The topological polar surface area (TPSA) is 29.5 Å². The van der Waals surface area contributed by atoms with Crippen LogP contribution in [-0.2, 0) is 9.53 Å². The van der Waals surface area contributed by atoms with Crippen molar-refractivity contribution >= 4 is 21.8 Å². The van der Waals surface area contributed by atoms with E-state index in [4.69, 9.17) is 4.74 Å². The fourth-order valence-electron chi connectivity index (χ4n) is 2.97. The van der Waals surface area contributed by atoms with Gasteiger partial charge in [0, 0.05) is 17.6 Å². The number of carbonyl (C=O) groups excluding carboxylic acids is 1. The number of rotatable bonds is 3. The molecule has 1 fully saturated rings. The zero-order valence-electron chi connectivity index (χ0n) is 13.1. The highest BCUT2D eigenvalue weighted by atomic mass is 79.9. The number of amides is 1. The second-order valence-electron chi connectivity index (χ2n) is 5.78. The lowest BCUT2D eigenvalue weighted by Gasteiger charge is -2.30. The van der Waals surface area contributed by atoms with E-state index in [2.05, 4.69) is 35.0 Å². The van der Waals surface area contributed by atoms with Crippen molar-refractivity contribution in [1.82, 2.24) is 4.90 Å². The van der Waals surface area contributed by atoms with Crippen molar-refractivity contribution in [2.24, 2.45) is 0 Å². The van der Waals surface area contributed by atoms with Crippen LogP contribution >= 0.6 is 15.9 Å². The predicted molar refractivity (Wildman–Crippen MR) is 94.0 cm³/mol. The molecule has 2 aromatic carbocycles. The van der Waals surface area contributed by atoms with E-state index in [1.165, 1.54) is 0 Å². The zero-order valence-corrected chi connectivity index (χ0v) is 14.7. The van der Waals surface area contributed by atoms with Gasteiger partial charge >= 0.3 is 0 Å². The first-order valence-corrected chi connectivity index (χ1v) is 8.68. The first-order chi connectivity index (χ1) is 11.2. The predicted octanol–water partition coefficient (Wildman–Crippen LogP) is 4.50. The van der Waals surface area contributed by atoms with Crippen LogP contribution in [0.3, 0.4) is 0 Å².